The topological polar surface area (TPSA) is 121 Å². The van der Waals surface area contributed by atoms with Gasteiger partial charge in [-0.2, -0.15) is 0 Å². The van der Waals surface area contributed by atoms with Crippen LogP contribution in [0, 0.1) is 0 Å². The van der Waals surface area contributed by atoms with Gasteiger partial charge in [0.05, 0.1) is 0 Å². The fraction of sp³-hybridized carbons (Fsp3) is 1.00. The average molecular weight is 454 g/mol. The molecule has 0 saturated carbocycles. The van der Waals surface area contributed by atoms with E-state index in [9.17, 15) is 0 Å². The smallest absolute Gasteiger partial charge is 0.319 e. The molecule has 0 fully saturated rings. The van der Waals surface area contributed by atoms with E-state index < -0.39 is 13.4 Å². The molecule has 0 bridgehead atoms. The summed E-state index contributed by atoms with van der Waals surface area (Å²) >= 11 is 7.21. The molecule has 22 heavy (non-hydrogen) atoms. The fourth-order valence-corrected chi connectivity index (χ4v) is 0.707. The summed E-state index contributed by atoms with van der Waals surface area (Å²) in [5.74, 6) is 0. The zero-order chi connectivity index (χ0) is 17.2. The second-order valence-electron chi connectivity index (χ2n) is 3.73. The van der Waals surface area contributed by atoms with Crippen molar-refractivity contribution in [2.24, 2.45) is 0 Å². The van der Waals surface area contributed by atoms with Crippen LogP contribution in [0.2, 0.25) is 0 Å². The maximum Gasteiger partial charge on any atom is 0.319 e. The second kappa shape index (κ2) is 27.5. The van der Waals surface area contributed by atoms with Gasteiger partial charge in [-0.05, 0) is 23.6 Å². The Morgan fingerprint density at radius 1 is 0.591 bits per heavy atom. The third-order valence-corrected chi connectivity index (χ3v) is 1.41. The first kappa shape index (κ1) is 39.0. The Bertz CT molecular complexity index is 214. The van der Waals surface area contributed by atoms with Gasteiger partial charge in [-0.3, -0.25) is 0 Å². The zero-order valence-corrected chi connectivity index (χ0v) is 19.7. The number of rotatable bonds is 4. The van der Waals surface area contributed by atoms with Gasteiger partial charge >= 0.3 is 13.4 Å². The molecule has 0 rings (SSSR count). The van der Waals surface area contributed by atoms with Gasteiger partial charge in [0.25, 0.3) is 0 Å². The van der Waals surface area contributed by atoms with Gasteiger partial charge in [0, 0.05) is 19.5 Å². The van der Waals surface area contributed by atoms with Gasteiger partial charge in [0.2, 0.25) is 0 Å². The Labute approximate surface area is 159 Å². The van der Waals surface area contributed by atoms with E-state index in [1.807, 2.05) is 0 Å². The molecule has 0 radical (unpaired) electrons. The quantitative estimate of drug-likeness (QED) is 0.283. The molecule has 138 valence electrons. The van der Waals surface area contributed by atoms with Crippen molar-refractivity contribution in [2.45, 2.75) is 73.6 Å². The normalized spacial score (nSPS) is 9.18. The minimum atomic E-state index is -3.81. The van der Waals surface area contributed by atoms with Crippen LogP contribution in [0.15, 0.2) is 0 Å². The molecule has 0 spiro atoms. The van der Waals surface area contributed by atoms with Gasteiger partial charge in [-0.1, -0.05) is 73.6 Å². The van der Waals surface area contributed by atoms with Crippen molar-refractivity contribution in [2.75, 3.05) is 0 Å². The van der Waals surface area contributed by atoms with E-state index in [4.69, 9.17) is 29.4 Å². The van der Waals surface area contributed by atoms with Crippen LogP contribution in [0.3, 0.4) is 0 Å². The van der Waals surface area contributed by atoms with Gasteiger partial charge in [0.1, 0.15) is 0 Å². The molecule has 0 aliphatic heterocycles. The minimum absolute atomic E-state index is 0. The Hall–Kier alpha value is 1.68. The van der Waals surface area contributed by atoms with Gasteiger partial charge < -0.3 is 29.4 Å². The van der Waals surface area contributed by atoms with Crippen LogP contribution in [0.4, 0.5) is 0 Å². The van der Waals surface area contributed by atoms with Crippen LogP contribution in [0.5, 0.6) is 0 Å². The van der Waals surface area contributed by atoms with Crippen LogP contribution < -0.4 is 0 Å². The average Bonchev–Trinajstić information content (AvgIpc) is 2.15. The van der Waals surface area contributed by atoms with E-state index in [0.29, 0.717) is 0 Å². The predicted molar refractivity (Wildman–Crippen MR) is 99.0 cm³/mol. The van der Waals surface area contributed by atoms with Gasteiger partial charge in [-0.25, -0.2) is 0 Å². The van der Waals surface area contributed by atoms with Gasteiger partial charge in [0.15, 0.2) is 0 Å². The molecule has 0 aromatic rings. The summed E-state index contributed by atoms with van der Waals surface area (Å²) in [6, 6.07) is 0. The number of hydrogen-bond acceptors (Lipinski definition) is 2. The standard InChI is InChI=1S/2C5H12.CH4.2H3O3PS.Zn/c2*1-3-5-4-2;;2*1-4(2,3)5;/h2*3-5H2,1-2H3;1H4;2*(H3,1,2,3,5);. The summed E-state index contributed by atoms with van der Waals surface area (Å²) in [6.45, 7) is 1.24. The van der Waals surface area contributed by atoms with E-state index in [1.165, 1.54) is 38.5 Å². The van der Waals surface area contributed by atoms with Crippen LogP contribution in [0.1, 0.15) is 73.6 Å². The van der Waals surface area contributed by atoms with E-state index in [-0.39, 0.29) is 26.9 Å². The first-order valence-electron chi connectivity index (χ1n) is 6.39. The molecule has 0 amide bonds. The molecular formula is C11H34O6P2S2Zn. The Morgan fingerprint density at radius 3 is 0.682 bits per heavy atom. The zero-order valence-electron chi connectivity index (χ0n) is 13.3. The van der Waals surface area contributed by atoms with Crippen LogP contribution in [0.25, 0.3) is 0 Å². The predicted octanol–water partition coefficient (Wildman–Crippen LogP) is 3.40. The molecule has 0 atom stereocenters. The van der Waals surface area contributed by atoms with Crippen molar-refractivity contribution in [1.29, 1.82) is 0 Å². The molecule has 0 aromatic heterocycles. The van der Waals surface area contributed by atoms with Crippen molar-refractivity contribution in [3.8, 4) is 0 Å². The summed E-state index contributed by atoms with van der Waals surface area (Å²) in [7, 11) is 0. The fourth-order valence-electron chi connectivity index (χ4n) is 0.707. The molecule has 0 saturated heterocycles. The Balaban J connectivity index is -0.0000000376. The molecule has 0 aromatic carbocycles. The maximum atomic E-state index is 7.56. The monoisotopic (exact) mass is 452 g/mol. The second-order valence-corrected chi connectivity index (χ2v) is 8.73. The van der Waals surface area contributed by atoms with Crippen molar-refractivity contribution >= 4 is 37.1 Å². The third-order valence-electron chi connectivity index (χ3n) is 1.41. The van der Waals surface area contributed by atoms with Crippen molar-refractivity contribution in [1.82, 2.24) is 0 Å². The molecule has 6 nitrogen and oxygen atoms in total. The van der Waals surface area contributed by atoms with E-state index >= 15 is 0 Å². The van der Waals surface area contributed by atoms with Crippen molar-refractivity contribution in [3.05, 3.63) is 0 Å². The molecule has 11 heteroatoms. The third kappa shape index (κ3) is 287. The van der Waals surface area contributed by atoms with E-state index in [0.717, 1.165) is 0 Å². The summed E-state index contributed by atoms with van der Waals surface area (Å²) < 4.78 is 0. The molecule has 6 N–H and O–H groups in total. The Morgan fingerprint density at radius 2 is 0.682 bits per heavy atom. The first-order valence-corrected chi connectivity index (χ1v) is 11.7. The molecule has 0 heterocycles. The molecule has 0 aliphatic carbocycles. The first-order chi connectivity index (χ1) is 8.83. The van der Waals surface area contributed by atoms with Crippen LogP contribution in [-0.4, -0.2) is 29.4 Å². The molecule has 0 aliphatic rings. The number of unbranched alkanes of at least 4 members (excludes halogenated alkanes) is 4. The Kier molecular flexibility index (Phi) is 48.8. The van der Waals surface area contributed by atoms with Crippen LogP contribution >= 0.6 is 13.4 Å². The molecular weight excluding hydrogens is 420 g/mol. The largest absolute Gasteiger partial charge is 0.325 e. The van der Waals surface area contributed by atoms with E-state index in [1.54, 1.807) is 0 Å². The molecule has 0 unspecified atom stereocenters. The minimum Gasteiger partial charge on any atom is -0.325 e. The van der Waals surface area contributed by atoms with Gasteiger partial charge in [-0.15, -0.1) is 0 Å². The van der Waals surface area contributed by atoms with Crippen LogP contribution in [-0.2, 0) is 43.1 Å². The summed E-state index contributed by atoms with van der Waals surface area (Å²) in [5, 5.41) is 0. The van der Waals surface area contributed by atoms with E-state index in [2.05, 4.69) is 51.3 Å². The summed E-state index contributed by atoms with van der Waals surface area (Å²) in [6.07, 6.45) is 8.15. The maximum absolute atomic E-state index is 7.56. The van der Waals surface area contributed by atoms with Crippen molar-refractivity contribution in [3.63, 3.8) is 0 Å². The number of hydrogen-bond donors (Lipinski definition) is 6. The summed E-state index contributed by atoms with van der Waals surface area (Å²) in [4.78, 5) is 45.3. The summed E-state index contributed by atoms with van der Waals surface area (Å²) in [5.41, 5.74) is 0. The SMILES string of the molecule is C.CCCCC.CCCCC.OP(O)(O)=S.OP(O)(O)=S.[Zn]. The van der Waals surface area contributed by atoms with Crippen molar-refractivity contribution < 1.29 is 48.8 Å².